The molecule has 0 fully saturated rings. The lowest BCUT2D eigenvalue weighted by molar-refractivity contribution is -0.137. The van der Waals surface area contributed by atoms with Crippen molar-refractivity contribution >= 4 is 10.0 Å². The molecule has 1 aromatic carbocycles. The normalized spacial score (nSPS) is 13.8. The minimum Gasteiger partial charge on any atom is -0.375 e. The summed E-state index contributed by atoms with van der Waals surface area (Å²) in [5, 5.41) is 3.61. The summed E-state index contributed by atoms with van der Waals surface area (Å²) in [5.41, 5.74) is -0.0999. The van der Waals surface area contributed by atoms with Gasteiger partial charge in [-0.2, -0.15) is 13.2 Å². The van der Waals surface area contributed by atoms with Gasteiger partial charge in [0.2, 0.25) is 10.0 Å². The zero-order valence-corrected chi connectivity index (χ0v) is 14.3. The first-order valence-electron chi connectivity index (χ1n) is 7.20. The SMILES string of the molecule is COC(CNS(=O)(=O)Cc1cc(C)on1)c1ccc(C(F)(F)F)cc1. The number of ether oxygens (including phenoxy) is 1. The summed E-state index contributed by atoms with van der Waals surface area (Å²) in [6.07, 6.45) is -5.16. The average Bonchev–Trinajstić information content (AvgIpc) is 2.91. The molecule has 1 heterocycles. The maximum Gasteiger partial charge on any atom is 0.416 e. The molecule has 2 rings (SSSR count). The van der Waals surface area contributed by atoms with Crippen LogP contribution in [0.2, 0.25) is 0 Å². The van der Waals surface area contributed by atoms with Crippen LogP contribution in [-0.2, 0) is 26.7 Å². The highest BCUT2D eigenvalue weighted by Gasteiger charge is 2.30. The Hall–Kier alpha value is -1.91. The van der Waals surface area contributed by atoms with E-state index in [-0.39, 0.29) is 18.0 Å². The van der Waals surface area contributed by atoms with Gasteiger partial charge in [-0.15, -0.1) is 0 Å². The van der Waals surface area contributed by atoms with Gasteiger partial charge in [-0.1, -0.05) is 17.3 Å². The van der Waals surface area contributed by atoms with Crippen molar-refractivity contribution in [1.29, 1.82) is 0 Å². The molecule has 10 heteroatoms. The maximum absolute atomic E-state index is 12.6. The highest BCUT2D eigenvalue weighted by Crippen LogP contribution is 2.30. The summed E-state index contributed by atoms with van der Waals surface area (Å²) in [6, 6.07) is 5.86. The van der Waals surface area contributed by atoms with Crippen molar-refractivity contribution in [1.82, 2.24) is 9.88 Å². The van der Waals surface area contributed by atoms with Crippen molar-refractivity contribution in [3.8, 4) is 0 Å². The minimum absolute atomic E-state index is 0.124. The van der Waals surface area contributed by atoms with Crippen LogP contribution in [0.25, 0.3) is 0 Å². The molecule has 0 bridgehead atoms. The second-order valence-electron chi connectivity index (χ2n) is 5.38. The Kier molecular flexibility index (Phi) is 5.86. The summed E-state index contributed by atoms with van der Waals surface area (Å²) in [5.74, 6) is 0.123. The van der Waals surface area contributed by atoms with Crippen LogP contribution in [0.1, 0.15) is 28.7 Å². The maximum atomic E-state index is 12.6. The summed E-state index contributed by atoms with van der Waals surface area (Å²) in [4.78, 5) is 0. The molecular formula is C15H17F3N2O4S. The highest BCUT2D eigenvalue weighted by molar-refractivity contribution is 7.88. The van der Waals surface area contributed by atoms with Crippen LogP contribution < -0.4 is 4.72 Å². The molecule has 0 radical (unpaired) electrons. The quantitative estimate of drug-likeness (QED) is 0.801. The molecular weight excluding hydrogens is 361 g/mol. The molecule has 2 aromatic rings. The lowest BCUT2D eigenvalue weighted by atomic mass is 10.1. The van der Waals surface area contributed by atoms with Crippen molar-refractivity contribution in [3.63, 3.8) is 0 Å². The van der Waals surface area contributed by atoms with Crippen LogP contribution in [0, 0.1) is 6.92 Å². The van der Waals surface area contributed by atoms with Crippen molar-refractivity contribution < 1.29 is 30.8 Å². The van der Waals surface area contributed by atoms with Gasteiger partial charge in [0.1, 0.15) is 17.2 Å². The van der Waals surface area contributed by atoms with Gasteiger partial charge in [0, 0.05) is 19.7 Å². The third-order valence-electron chi connectivity index (χ3n) is 3.40. The Labute approximate surface area is 143 Å². The number of alkyl halides is 3. The van der Waals surface area contributed by atoms with Crippen molar-refractivity contribution in [2.24, 2.45) is 0 Å². The fourth-order valence-corrected chi connectivity index (χ4v) is 3.19. The van der Waals surface area contributed by atoms with Gasteiger partial charge >= 0.3 is 6.18 Å². The van der Waals surface area contributed by atoms with Gasteiger partial charge in [-0.05, 0) is 24.6 Å². The van der Waals surface area contributed by atoms with Crippen LogP contribution >= 0.6 is 0 Å². The van der Waals surface area contributed by atoms with E-state index in [4.69, 9.17) is 9.26 Å². The highest BCUT2D eigenvalue weighted by atomic mass is 32.2. The van der Waals surface area contributed by atoms with Crippen LogP contribution in [0.5, 0.6) is 0 Å². The van der Waals surface area contributed by atoms with E-state index < -0.39 is 27.9 Å². The van der Waals surface area contributed by atoms with E-state index in [9.17, 15) is 21.6 Å². The van der Waals surface area contributed by atoms with Gasteiger partial charge in [0.05, 0.1) is 11.7 Å². The molecule has 1 N–H and O–H groups in total. The predicted octanol–water partition coefficient (Wildman–Crippen LogP) is 2.81. The van der Waals surface area contributed by atoms with E-state index in [1.54, 1.807) is 6.92 Å². The number of sulfonamides is 1. The lowest BCUT2D eigenvalue weighted by Crippen LogP contribution is -2.30. The Morgan fingerprint density at radius 1 is 1.28 bits per heavy atom. The molecule has 1 unspecified atom stereocenters. The zero-order valence-electron chi connectivity index (χ0n) is 13.5. The van der Waals surface area contributed by atoms with Crippen molar-refractivity contribution in [3.05, 3.63) is 52.9 Å². The number of aryl methyl sites for hydroxylation is 1. The first kappa shape index (κ1) is 19.4. The second kappa shape index (κ2) is 7.54. The number of methoxy groups -OCH3 is 1. The second-order valence-corrected chi connectivity index (χ2v) is 7.19. The zero-order chi connectivity index (χ0) is 18.7. The predicted molar refractivity (Wildman–Crippen MR) is 83.1 cm³/mol. The van der Waals surface area contributed by atoms with Gasteiger partial charge in [-0.3, -0.25) is 0 Å². The molecule has 138 valence electrons. The summed E-state index contributed by atoms with van der Waals surface area (Å²) in [6.45, 7) is 1.52. The number of benzene rings is 1. The first-order chi connectivity index (χ1) is 11.6. The molecule has 0 amide bonds. The number of hydrogen-bond acceptors (Lipinski definition) is 5. The van der Waals surface area contributed by atoms with Crippen LogP contribution in [0.4, 0.5) is 13.2 Å². The van der Waals surface area contributed by atoms with Crippen molar-refractivity contribution in [2.75, 3.05) is 13.7 Å². The fraction of sp³-hybridized carbons (Fsp3) is 0.400. The summed E-state index contributed by atoms with van der Waals surface area (Å²) in [7, 11) is -2.35. The molecule has 0 saturated heterocycles. The van der Waals surface area contributed by atoms with E-state index in [2.05, 4.69) is 9.88 Å². The van der Waals surface area contributed by atoms with Gasteiger partial charge in [0.15, 0.2) is 0 Å². The van der Waals surface area contributed by atoms with E-state index >= 15 is 0 Å². The van der Waals surface area contributed by atoms with E-state index in [0.29, 0.717) is 11.3 Å². The summed E-state index contributed by atoms with van der Waals surface area (Å²) < 4.78 is 74.2. The van der Waals surface area contributed by atoms with Crippen LogP contribution in [-0.4, -0.2) is 27.2 Å². The third kappa shape index (κ3) is 5.55. The molecule has 1 aromatic heterocycles. The van der Waals surface area contributed by atoms with E-state index in [1.807, 2.05) is 0 Å². The number of halogens is 3. The van der Waals surface area contributed by atoms with E-state index in [1.165, 1.54) is 25.3 Å². The fourth-order valence-electron chi connectivity index (χ4n) is 2.16. The van der Waals surface area contributed by atoms with Gasteiger partial charge in [-0.25, -0.2) is 13.1 Å². The summed E-state index contributed by atoms with van der Waals surface area (Å²) >= 11 is 0. The standard InChI is InChI=1S/C15H17F3N2O4S/c1-10-7-13(20-24-10)9-25(21,22)19-8-14(23-2)11-3-5-12(6-4-11)15(16,17)18/h3-7,14,19H,8-9H2,1-2H3. The number of nitrogens with zero attached hydrogens (tertiary/aromatic N) is 1. The lowest BCUT2D eigenvalue weighted by Gasteiger charge is -2.17. The minimum atomic E-state index is -4.43. The molecule has 0 aliphatic heterocycles. The number of nitrogens with one attached hydrogen (secondary N) is 1. The average molecular weight is 378 g/mol. The number of aromatic nitrogens is 1. The number of hydrogen-bond donors (Lipinski definition) is 1. The van der Waals surface area contributed by atoms with Crippen molar-refractivity contribution in [2.45, 2.75) is 25.0 Å². The largest absolute Gasteiger partial charge is 0.416 e. The Balaban J connectivity index is 2.01. The topological polar surface area (TPSA) is 81.4 Å². The van der Waals surface area contributed by atoms with Crippen LogP contribution in [0.3, 0.4) is 0 Å². The molecule has 25 heavy (non-hydrogen) atoms. The van der Waals surface area contributed by atoms with Crippen LogP contribution in [0.15, 0.2) is 34.9 Å². The van der Waals surface area contributed by atoms with Gasteiger partial charge in [0.25, 0.3) is 0 Å². The molecule has 1 atom stereocenters. The number of rotatable bonds is 7. The molecule has 0 saturated carbocycles. The van der Waals surface area contributed by atoms with E-state index in [0.717, 1.165) is 12.1 Å². The Bertz CT molecular complexity index is 801. The third-order valence-corrected chi connectivity index (χ3v) is 4.68. The van der Waals surface area contributed by atoms with Gasteiger partial charge < -0.3 is 9.26 Å². The molecule has 0 spiro atoms. The Morgan fingerprint density at radius 3 is 2.40 bits per heavy atom. The molecule has 0 aliphatic rings. The molecule has 6 nitrogen and oxygen atoms in total. The first-order valence-corrected chi connectivity index (χ1v) is 8.85. The molecule has 0 aliphatic carbocycles. The Morgan fingerprint density at radius 2 is 1.92 bits per heavy atom. The monoisotopic (exact) mass is 378 g/mol. The smallest absolute Gasteiger partial charge is 0.375 e.